The molecule has 0 saturated heterocycles. The zero-order chi connectivity index (χ0) is 19.6. The number of ether oxygens (including phenoxy) is 3. The summed E-state index contributed by atoms with van der Waals surface area (Å²) < 4.78 is 16.8. The van der Waals surface area contributed by atoms with Gasteiger partial charge in [0.2, 0.25) is 12.7 Å². The number of Topliss-reactive ketones (excluding diaryl/α,β-unsaturated/α-hetero) is 1. The molecule has 0 unspecified atom stereocenters. The molecule has 2 aliphatic heterocycles. The Labute approximate surface area is 167 Å². The first-order valence-corrected chi connectivity index (χ1v) is 9.45. The SMILES string of the molecule is O=C(CC1=NCCc2cc3c(cc21)OCO3)c1cccnc1Oc1ccccc1. The number of benzene rings is 2. The molecule has 0 radical (unpaired) electrons. The molecule has 0 saturated carbocycles. The van der Waals surface area contributed by atoms with Crippen molar-refractivity contribution in [1.82, 2.24) is 4.98 Å². The van der Waals surface area contributed by atoms with Gasteiger partial charge in [0, 0.05) is 18.3 Å². The zero-order valence-corrected chi connectivity index (χ0v) is 15.6. The summed E-state index contributed by atoms with van der Waals surface area (Å²) in [6.07, 6.45) is 2.60. The van der Waals surface area contributed by atoms with Crippen LogP contribution in [0.3, 0.4) is 0 Å². The fraction of sp³-hybridized carbons (Fsp3) is 0.174. The number of carbonyl (C=O) groups is 1. The number of rotatable bonds is 5. The Balaban J connectivity index is 1.42. The van der Waals surface area contributed by atoms with Gasteiger partial charge in [-0.25, -0.2) is 4.98 Å². The van der Waals surface area contributed by atoms with Gasteiger partial charge in [-0.05, 0) is 48.4 Å². The van der Waals surface area contributed by atoms with Gasteiger partial charge >= 0.3 is 0 Å². The summed E-state index contributed by atoms with van der Waals surface area (Å²) >= 11 is 0. The average molecular weight is 386 g/mol. The number of pyridine rings is 1. The van der Waals surface area contributed by atoms with Crippen molar-refractivity contribution >= 4 is 11.5 Å². The van der Waals surface area contributed by atoms with Crippen LogP contribution in [0.15, 0.2) is 65.8 Å². The predicted octanol–water partition coefficient (Wildman–Crippen LogP) is 4.22. The molecule has 0 bridgehead atoms. The van der Waals surface area contributed by atoms with Crippen LogP contribution in [-0.2, 0) is 6.42 Å². The molecule has 29 heavy (non-hydrogen) atoms. The minimum atomic E-state index is -0.0895. The minimum absolute atomic E-state index is 0.0895. The normalized spacial score (nSPS) is 14.1. The van der Waals surface area contributed by atoms with E-state index in [9.17, 15) is 4.79 Å². The summed E-state index contributed by atoms with van der Waals surface area (Å²) in [5, 5.41) is 0. The minimum Gasteiger partial charge on any atom is -0.454 e. The van der Waals surface area contributed by atoms with Crippen LogP contribution in [0, 0.1) is 0 Å². The lowest BCUT2D eigenvalue weighted by atomic mass is 9.93. The molecule has 0 atom stereocenters. The van der Waals surface area contributed by atoms with Gasteiger partial charge in [-0.3, -0.25) is 9.79 Å². The molecule has 0 aliphatic carbocycles. The lowest BCUT2D eigenvalue weighted by molar-refractivity contribution is 0.0997. The van der Waals surface area contributed by atoms with E-state index in [4.69, 9.17) is 14.2 Å². The summed E-state index contributed by atoms with van der Waals surface area (Å²) in [4.78, 5) is 22.0. The summed E-state index contributed by atoms with van der Waals surface area (Å²) in [5.41, 5.74) is 3.26. The van der Waals surface area contributed by atoms with Crippen molar-refractivity contribution in [1.29, 1.82) is 0 Å². The van der Waals surface area contributed by atoms with Crippen LogP contribution in [0.2, 0.25) is 0 Å². The highest BCUT2D eigenvalue weighted by atomic mass is 16.7. The van der Waals surface area contributed by atoms with E-state index in [0.717, 1.165) is 29.0 Å². The molecule has 2 aromatic carbocycles. The fourth-order valence-electron chi connectivity index (χ4n) is 3.54. The molecule has 0 fully saturated rings. The van der Waals surface area contributed by atoms with Gasteiger partial charge in [-0.15, -0.1) is 0 Å². The van der Waals surface area contributed by atoms with E-state index < -0.39 is 0 Å². The monoisotopic (exact) mass is 386 g/mol. The fourth-order valence-corrected chi connectivity index (χ4v) is 3.54. The first-order valence-electron chi connectivity index (χ1n) is 9.45. The van der Waals surface area contributed by atoms with Gasteiger partial charge in [-0.1, -0.05) is 18.2 Å². The predicted molar refractivity (Wildman–Crippen MR) is 107 cm³/mol. The van der Waals surface area contributed by atoms with Crippen molar-refractivity contribution in [3.63, 3.8) is 0 Å². The first-order chi connectivity index (χ1) is 14.3. The van der Waals surface area contributed by atoms with Crippen LogP contribution in [0.25, 0.3) is 0 Å². The number of nitrogens with zero attached hydrogens (tertiary/aromatic N) is 2. The second-order valence-corrected chi connectivity index (χ2v) is 6.81. The topological polar surface area (TPSA) is 70.0 Å². The van der Waals surface area contributed by atoms with Crippen molar-refractivity contribution in [3.05, 3.63) is 77.5 Å². The molecular weight excluding hydrogens is 368 g/mol. The number of carbonyl (C=O) groups excluding carboxylic acids is 1. The Kier molecular flexibility index (Phi) is 4.44. The van der Waals surface area contributed by atoms with Gasteiger partial charge in [0.05, 0.1) is 17.7 Å². The average Bonchev–Trinajstić information content (AvgIpc) is 3.21. The van der Waals surface area contributed by atoms with E-state index in [1.54, 1.807) is 18.3 Å². The third kappa shape index (κ3) is 3.45. The maximum atomic E-state index is 13.1. The van der Waals surface area contributed by atoms with Crippen molar-refractivity contribution < 1.29 is 19.0 Å². The Morgan fingerprint density at radius 1 is 1.03 bits per heavy atom. The van der Waals surface area contributed by atoms with Crippen LogP contribution in [0.1, 0.15) is 27.9 Å². The third-order valence-corrected chi connectivity index (χ3v) is 4.95. The quantitative estimate of drug-likeness (QED) is 0.614. The van der Waals surface area contributed by atoms with E-state index in [1.807, 2.05) is 42.5 Å². The van der Waals surface area contributed by atoms with Gasteiger partial charge in [0.25, 0.3) is 0 Å². The van der Waals surface area contributed by atoms with E-state index in [-0.39, 0.29) is 19.0 Å². The number of para-hydroxylation sites is 1. The van der Waals surface area contributed by atoms with E-state index in [0.29, 0.717) is 29.5 Å². The lowest BCUT2D eigenvalue weighted by Gasteiger charge is -2.17. The second-order valence-electron chi connectivity index (χ2n) is 6.81. The van der Waals surface area contributed by atoms with Crippen molar-refractivity contribution in [2.45, 2.75) is 12.8 Å². The molecule has 6 nitrogen and oxygen atoms in total. The highest BCUT2D eigenvalue weighted by Crippen LogP contribution is 2.37. The largest absolute Gasteiger partial charge is 0.454 e. The van der Waals surface area contributed by atoms with E-state index >= 15 is 0 Å². The Morgan fingerprint density at radius 2 is 1.86 bits per heavy atom. The van der Waals surface area contributed by atoms with Gasteiger partial charge in [0.1, 0.15) is 5.75 Å². The van der Waals surface area contributed by atoms with E-state index in [2.05, 4.69) is 9.98 Å². The number of hydrogen-bond donors (Lipinski definition) is 0. The summed E-state index contributed by atoms with van der Waals surface area (Å²) in [5.74, 6) is 2.29. The smallest absolute Gasteiger partial charge is 0.231 e. The maximum Gasteiger partial charge on any atom is 0.231 e. The molecule has 1 aromatic heterocycles. The van der Waals surface area contributed by atoms with Crippen LogP contribution in [0.5, 0.6) is 23.1 Å². The maximum absolute atomic E-state index is 13.1. The Hall–Kier alpha value is -3.67. The molecule has 0 amide bonds. The summed E-state index contributed by atoms with van der Waals surface area (Å²) in [6.45, 7) is 0.870. The lowest BCUT2D eigenvalue weighted by Crippen LogP contribution is -2.17. The van der Waals surface area contributed by atoms with Crippen LogP contribution >= 0.6 is 0 Å². The van der Waals surface area contributed by atoms with Crippen LogP contribution in [0.4, 0.5) is 0 Å². The number of hydrogen-bond acceptors (Lipinski definition) is 6. The van der Waals surface area contributed by atoms with Gasteiger partial charge in [-0.2, -0.15) is 0 Å². The molecular formula is C23H18N2O4. The molecule has 0 N–H and O–H groups in total. The Bertz CT molecular complexity index is 1110. The summed E-state index contributed by atoms with van der Waals surface area (Å²) in [7, 11) is 0. The van der Waals surface area contributed by atoms with Crippen LogP contribution < -0.4 is 14.2 Å². The number of aliphatic imine (C=N–C) groups is 1. The first kappa shape index (κ1) is 17.4. The number of aromatic nitrogens is 1. The molecule has 3 heterocycles. The van der Waals surface area contributed by atoms with Crippen molar-refractivity contribution in [3.8, 4) is 23.1 Å². The summed E-state index contributed by atoms with van der Waals surface area (Å²) in [6, 6.07) is 16.7. The van der Waals surface area contributed by atoms with Crippen LogP contribution in [-0.4, -0.2) is 29.8 Å². The van der Waals surface area contributed by atoms with E-state index in [1.165, 1.54) is 0 Å². The molecule has 2 aliphatic rings. The van der Waals surface area contributed by atoms with Gasteiger partial charge in [0.15, 0.2) is 17.3 Å². The Morgan fingerprint density at radius 3 is 2.72 bits per heavy atom. The number of ketones is 1. The molecule has 144 valence electrons. The van der Waals surface area contributed by atoms with Gasteiger partial charge < -0.3 is 14.2 Å². The molecule has 3 aromatic rings. The van der Waals surface area contributed by atoms with Crippen molar-refractivity contribution in [2.24, 2.45) is 4.99 Å². The third-order valence-electron chi connectivity index (χ3n) is 4.95. The zero-order valence-electron chi connectivity index (χ0n) is 15.6. The molecule has 6 heteroatoms. The molecule has 0 spiro atoms. The highest BCUT2D eigenvalue weighted by Gasteiger charge is 2.24. The highest BCUT2D eigenvalue weighted by molar-refractivity contribution is 6.17. The standard InChI is InChI=1S/C23H18N2O4/c26-20(17-7-4-9-25-23(17)29-16-5-2-1-3-6-16)13-19-18-12-22-21(27-14-28-22)11-15(18)8-10-24-19/h1-7,9,11-12H,8,10,13-14H2. The second kappa shape index (κ2) is 7.39. The van der Waals surface area contributed by atoms with Crippen molar-refractivity contribution in [2.75, 3.05) is 13.3 Å². The molecule has 5 rings (SSSR count). The number of fused-ring (bicyclic) bond motifs is 2.